The van der Waals surface area contributed by atoms with Crippen LogP contribution in [-0.4, -0.2) is 55.8 Å². The number of rotatable bonds is 6. The molecule has 28 heavy (non-hydrogen) atoms. The van der Waals surface area contributed by atoms with Gasteiger partial charge in [-0.2, -0.15) is 0 Å². The van der Waals surface area contributed by atoms with Gasteiger partial charge in [-0.05, 0) is 43.9 Å². The van der Waals surface area contributed by atoms with Crippen LogP contribution in [-0.2, 0) is 31.9 Å². The zero-order valence-corrected chi connectivity index (χ0v) is 17.1. The number of ether oxygens (including phenoxy) is 3. The van der Waals surface area contributed by atoms with Crippen molar-refractivity contribution in [3.8, 4) is 5.75 Å². The Morgan fingerprint density at radius 2 is 1.82 bits per heavy atom. The molecule has 1 heterocycles. The fraction of sp³-hybridized carbons (Fsp3) is 0.526. The maximum absolute atomic E-state index is 12.0. The van der Waals surface area contributed by atoms with Gasteiger partial charge in [-0.1, -0.05) is 11.6 Å². The molecule has 1 aromatic carbocycles. The molecule has 0 saturated heterocycles. The SMILES string of the molecule is CCOC(=O)COc1c(NC(C)=O)cc2c(c1Cl)CCN(C(=O)OCC)CC2. The van der Waals surface area contributed by atoms with E-state index in [1.807, 2.05) is 0 Å². The number of fused-ring (bicyclic) bond motifs is 1. The van der Waals surface area contributed by atoms with Crippen molar-refractivity contribution in [3.63, 3.8) is 0 Å². The van der Waals surface area contributed by atoms with E-state index in [9.17, 15) is 14.4 Å². The molecule has 1 aliphatic rings. The molecular weight excluding hydrogens is 388 g/mol. The molecular formula is C19H25ClN2O6. The van der Waals surface area contributed by atoms with Gasteiger partial charge in [-0.3, -0.25) is 4.79 Å². The first-order valence-electron chi connectivity index (χ1n) is 9.19. The van der Waals surface area contributed by atoms with Gasteiger partial charge in [0.1, 0.15) is 0 Å². The van der Waals surface area contributed by atoms with E-state index in [0.29, 0.717) is 43.2 Å². The van der Waals surface area contributed by atoms with Crippen LogP contribution in [0.3, 0.4) is 0 Å². The third-order valence-corrected chi connectivity index (χ3v) is 4.57. The molecule has 0 spiro atoms. The summed E-state index contributed by atoms with van der Waals surface area (Å²) in [5, 5.41) is 3.01. The van der Waals surface area contributed by atoms with Crippen LogP contribution in [0.15, 0.2) is 6.07 Å². The molecule has 0 aromatic heterocycles. The number of esters is 1. The fourth-order valence-corrected chi connectivity index (χ4v) is 3.36. The zero-order valence-electron chi connectivity index (χ0n) is 16.3. The number of anilines is 1. The van der Waals surface area contributed by atoms with Crippen molar-refractivity contribution in [2.45, 2.75) is 33.6 Å². The van der Waals surface area contributed by atoms with Crippen LogP contribution in [0.25, 0.3) is 0 Å². The number of hydrogen-bond acceptors (Lipinski definition) is 6. The van der Waals surface area contributed by atoms with E-state index in [2.05, 4.69) is 5.32 Å². The second-order valence-electron chi connectivity index (χ2n) is 6.17. The molecule has 1 aliphatic heterocycles. The molecule has 0 radical (unpaired) electrons. The molecule has 0 aliphatic carbocycles. The number of carbonyl (C=O) groups excluding carboxylic acids is 3. The lowest BCUT2D eigenvalue weighted by molar-refractivity contribution is -0.145. The minimum atomic E-state index is -0.532. The molecule has 2 rings (SSSR count). The topological polar surface area (TPSA) is 94.2 Å². The predicted octanol–water partition coefficient (Wildman–Crippen LogP) is 2.80. The summed E-state index contributed by atoms with van der Waals surface area (Å²) in [4.78, 5) is 36.9. The molecule has 0 unspecified atom stereocenters. The summed E-state index contributed by atoms with van der Waals surface area (Å²) in [6, 6.07) is 1.78. The molecule has 0 atom stereocenters. The number of benzene rings is 1. The zero-order chi connectivity index (χ0) is 20.7. The Balaban J connectivity index is 2.31. The summed E-state index contributed by atoms with van der Waals surface area (Å²) in [6.07, 6.45) is 0.689. The van der Waals surface area contributed by atoms with Gasteiger partial charge in [0.2, 0.25) is 5.91 Å². The molecule has 0 bridgehead atoms. The Morgan fingerprint density at radius 1 is 1.14 bits per heavy atom. The average molecular weight is 413 g/mol. The summed E-state index contributed by atoms with van der Waals surface area (Å²) in [5.74, 6) is -0.609. The fourth-order valence-electron chi connectivity index (χ4n) is 2.99. The maximum atomic E-state index is 12.0. The first-order valence-corrected chi connectivity index (χ1v) is 9.57. The van der Waals surface area contributed by atoms with Gasteiger partial charge in [-0.15, -0.1) is 0 Å². The van der Waals surface area contributed by atoms with Crippen LogP contribution < -0.4 is 10.1 Å². The number of hydrogen-bond donors (Lipinski definition) is 1. The number of halogens is 1. The predicted molar refractivity (Wildman–Crippen MR) is 104 cm³/mol. The van der Waals surface area contributed by atoms with Crippen LogP contribution >= 0.6 is 11.6 Å². The summed E-state index contributed by atoms with van der Waals surface area (Å²) in [5.41, 5.74) is 2.11. The van der Waals surface area contributed by atoms with Crippen molar-refractivity contribution in [1.82, 2.24) is 4.90 Å². The highest BCUT2D eigenvalue weighted by atomic mass is 35.5. The van der Waals surface area contributed by atoms with Crippen molar-refractivity contribution in [2.75, 3.05) is 38.2 Å². The summed E-state index contributed by atoms with van der Waals surface area (Å²) in [7, 11) is 0. The lowest BCUT2D eigenvalue weighted by Gasteiger charge is -2.19. The Labute approximate surface area is 169 Å². The molecule has 0 saturated carbocycles. The molecule has 1 N–H and O–H groups in total. The van der Waals surface area contributed by atoms with Crippen LogP contribution in [0, 0.1) is 0 Å². The largest absolute Gasteiger partial charge is 0.478 e. The molecule has 1 aromatic rings. The van der Waals surface area contributed by atoms with Gasteiger partial charge in [0.25, 0.3) is 0 Å². The van der Waals surface area contributed by atoms with Gasteiger partial charge in [-0.25, -0.2) is 9.59 Å². The normalized spacial score (nSPS) is 13.2. The quantitative estimate of drug-likeness (QED) is 0.722. The first-order chi connectivity index (χ1) is 13.4. The van der Waals surface area contributed by atoms with E-state index in [0.717, 1.165) is 11.1 Å². The van der Waals surface area contributed by atoms with Gasteiger partial charge in [0, 0.05) is 20.0 Å². The Bertz CT molecular complexity index is 752. The average Bonchev–Trinajstić information content (AvgIpc) is 2.84. The maximum Gasteiger partial charge on any atom is 0.409 e. The Hall–Kier alpha value is -2.48. The van der Waals surface area contributed by atoms with E-state index < -0.39 is 5.97 Å². The highest BCUT2D eigenvalue weighted by Gasteiger charge is 2.25. The smallest absolute Gasteiger partial charge is 0.409 e. The highest BCUT2D eigenvalue weighted by molar-refractivity contribution is 6.33. The van der Waals surface area contributed by atoms with Crippen molar-refractivity contribution >= 4 is 35.3 Å². The van der Waals surface area contributed by atoms with E-state index in [-0.39, 0.29) is 31.0 Å². The lowest BCUT2D eigenvalue weighted by atomic mass is 10.0. The van der Waals surface area contributed by atoms with Crippen LogP contribution in [0.4, 0.5) is 10.5 Å². The van der Waals surface area contributed by atoms with Gasteiger partial charge in [0.15, 0.2) is 12.4 Å². The van der Waals surface area contributed by atoms with Crippen molar-refractivity contribution < 1.29 is 28.6 Å². The van der Waals surface area contributed by atoms with Crippen molar-refractivity contribution in [3.05, 3.63) is 22.2 Å². The summed E-state index contributed by atoms with van der Waals surface area (Å²) in [6.45, 7) is 5.97. The number of nitrogens with one attached hydrogen (secondary N) is 1. The van der Waals surface area contributed by atoms with Crippen molar-refractivity contribution in [2.24, 2.45) is 0 Å². The third kappa shape index (κ3) is 5.51. The second-order valence-corrected chi connectivity index (χ2v) is 6.54. The Morgan fingerprint density at radius 3 is 2.46 bits per heavy atom. The van der Waals surface area contributed by atoms with Crippen LogP contribution in [0.2, 0.25) is 5.02 Å². The molecule has 8 nitrogen and oxygen atoms in total. The number of nitrogens with zero attached hydrogens (tertiary/aromatic N) is 1. The van der Waals surface area contributed by atoms with Crippen LogP contribution in [0.1, 0.15) is 31.9 Å². The molecule has 9 heteroatoms. The summed E-state index contributed by atoms with van der Waals surface area (Å²) < 4.78 is 15.5. The minimum Gasteiger partial charge on any atom is -0.478 e. The number of carbonyl (C=O) groups is 3. The minimum absolute atomic E-state index is 0.216. The van der Waals surface area contributed by atoms with E-state index >= 15 is 0 Å². The van der Waals surface area contributed by atoms with Crippen LogP contribution in [0.5, 0.6) is 5.75 Å². The summed E-state index contributed by atoms with van der Waals surface area (Å²) >= 11 is 6.57. The molecule has 154 valence electrons. The number of amides is 2. The van der Waals surface area contributed by atoms with Gasteiger partial charge >= 0.3 is 12.1 Å². The molecule has 2 amide bonds. The molecule has 0 fully saturated rings. The third-order valence-electron chi connectivity index (χ3n) is 4.17. The van der Waals surface area contributed by atoms with E-state index in [4.69, 9.17) is 25.8 Å². The van der Waals surface area contributed by atoms with Gasteiger partial charge in [0.05, 0.1) is 23.9 Å². The monoisotopic (exact) mass is 412 g/mol. The van der Waals surface area contributed by atoms with Crippen molar-refractivity contribution in [1.29, 1.82) is 0 Å². The second kappa shape index (κ2) is 10.2. The first kappa shape index (κ1) is 21.8. The van der Waals surface area contributed by atoms with Gasteiger partial charge < -0.3 is 24.4 Å². The van der Waals surface area contributed by atoms with E-state index in [1.165, 1.54) is 6.92 Å². The Kier molecular flexibility index (Phi) is 7.92. The highest BCUT2D eigenvalue weighted by Crippen LogP contribution is 2.40. The lowest BCUT2D eigenvalue weighted by Crippen LogP contribution is -2.33. The van der Waals surface area contributed by atoms with E-state index in [1.54, 1.807) is 24.8 Å². The standard InChI is InChI=1S/C19H25ClN2O6/c1-4-26-16(24)11-28-18-15(21-12(3)23)10-13-6-8-22(19(25)27-5-2)9-7-14(13)17(18)20/h10H,4-9,11H2,1-3H3,(H,21,23).